The highest BCUT2D eigenvalue weighted by Crippen LogP contribution is 2.26. The molecular weight excluding hydrogens is 318 g/mol. The maximum absolute atomic E-state index is 12.5. The van der Waals surface area contributed by atoms with E-state index in [1.165, 1.54) is 0 Å². The lowest BCUT2D eigenvalue weighted by atomic mass is 10.1. The highest BCUT2D eigenvalue weighted by atomic mass is 16.3. The van der Waals surface area contributed by atoms with Gasteiger partial charge in [0.2, 0.25) is 5.91 Å². The van der Waals surface area contributed by atoms with E-state index >= 15 is 0 Å². The molecule has 0 unspecified atom stereocenters. The summed E-state index contributed by atoms with van der Waals surface area (Å²) in [6, 6.07) is 10.8. The van der Waals surface area contributed by atoms with Crippen molar-refractivity contribution in [3.05, 3.63) is 53.4 Å². The van der Waals surface area contributed by atoms with Crippen LogP contribution in [0.4, 0.5) is 11.4 Å². The number of aryl methyl sites for hydroxylation is 2. The first kappa shape index (κ1) is 15.4. The van der Waals surface area contributed by atoms with Crippen LogP contribution in [0.1, 0.15) is 34.7 Å². The predicted octanol–water partition coefficient (Wildman–Crippen LogP) is 3.66. The number of fused-ring (bicyclic) bond motifs is 2. The van der Waals surface area contributed by atoms with Gasteiger partial charge in [-0.1, -0.05) is 0 Å². The Bertz CT molecular complexity index is 991. The molecule has 6 nitrogen and oxygen atoms in total. The van der Waals surface area contributed by atoms with Gasteiger partial charge >= 0.3 is 0 Å². The van der Waals surface area contributed by atoms with Gasteiger partial charge in [0.1, 0.15) is 5.52 Å². The Balaban J connectivity index is 1.57. The maximum Gasteiger partial charge on any atom is 0.291 e. The molecule has 1 aromatic carbocycles. The molecule has 2 aromatic heterocycles. The number of rotatable bonds is 2. The van der Waals surface area contributed by atoms with Crippen molar-refractivity contribution in [3.63, 3.8) is 0 Å². The first-order chi connectivity index (χ1) is 12.1. The second-order valence-corrected chi connectivity index (χ2v) is 6.17. The Labute approximate surface area is 144 Å². The van der Waals surface area contributed by atoms with Gasteiger partial charge in [-0.2, -0.15) is 0 Å². The minimum Gasteiger partial charge on any atom is -0.449 e. The Morgan fingerprint density at radius 1 is 1.20 bits per heavy atom. The summed E-state index contributed by atoms with van der Waals surface area (Å²) in [5.74, 6) is -0.0785. The third-order valence-corrected chi connectivity index (χ3v) is 4.22. The zero-order valence-electron chi connectivity index (χ0n) is 13.8. The Morgan fingerprint density at radius 3 is 2.96 bits per heavy atom. The number of furan rings is 1. The molecule has 0 spiro atoms. The number of anilines is 2. The average molecular weight is 335 g/mol. The van der Waals surface area contributed by atoms with Crippen molar-refractivity contribution in [2.24, 2.45) is 0 Å². The van der Waals surface area contributed by atoms with E-state index in [1.54, 1.807) is 18.2 Å². The van der Waals surface area contributed by atoms with Gasteiger partial charge in [0.05, 0.1) is 0 Å². The van der Waals surface area contributed by atoms with Crippen molar-refractivity contribution in [2.45, 2.75) is 26.2 Å². The van der Waals surface area contributed by atoms with Gasteiger partial charge in [-0.3, -0.25) is 9.59 Å². The van der Waals surface area contributed by atoms with Crippen LogP contribution in [0.15, 0.2) is 40.8 Å². The van der Waals surface area contributed by atoms with Crippen LogP contribution in [-0.2, 0) is 11.2 Å². The highest BCUT2D eigenvalue weighted by molar-refractivity contribution is 6.04. The van der Waals surface area contributed by atoms with Crippen molar-refractivity contribution in [1.82, 2.24) is 4.98 Å². The summed E-state index contributed by atoms with van der Waals surface area (Å²) in [6.45, 7) is 1.89. The van der Waals surface area contributed by atoms with Crippen molar-refractivity contribution in [1.29, 1.82) is 0 Å². The molecule has 126 valence electrons. The van der Waals surface area contributed by atoms with Gasteiger partial charge in [-0.25, -0.2) is 4.98 Å². The largest absolute Gasteiger partial charge is 0.449 e. The number of nitrogens with one attached hydrogen (secondary N) is 2. The Hall–Kier alpha value is -3.15. The van der Waals surface area contributed by atoms with Crippen LogP contribution in [0, 0.1) is 6.92 Å². The van der Waals surface area contributed by atoms with Crippen LogP contribution < -0.4 is 10.6 Å². The minimum atomic E-state index is -0.326. The zero-order chi connectivity index (χ0) is 17.4. The van der Waals surface area contributed by atoms with E-state index in [2.05, 4.69) is 15.6 Å². The molecule has 0 saturated carbocycles. The van der Waals surface area contributed by atoms with Gasteiger partial charge in [0, 0.05) is 29.6 Å². The first-order valence-corrected chi connectivity index (χ1v) is 8.20. The van der Waals surface area contributed by atoms with E-state index in [4.69, 9.17) is 4.42 Å². The quantitative estimate of drug-likeness (QED) is 0.748. The van der Waals surface area contributed by atoms with E-state index in [0.717, 1.165) is 29.8 Å². The van der Waals surface area contributed by atoms with E-state index in [1.807, 2.05) is 25.1 Å². The molecule has 1 aliphatic rings. The molecular formula is C19H17N3O3. The number of nitrogens with zero attached hydrogens (tertiary/aromatic N) is 1. The van der Waals surface area contributed by atoms with Crippen LogP contribution in [0.2, 0.25) is 0 Å². The summed E-state index contributed by atoms with van der Waals surface area (Å²) in [6.07, 6.45) is 2.11. The number of hydrogen-bond donors (Lipinski definition) is 2. The number of benzene rings is 1. The van der Waals surface area contributed by atoms with Crippen LogP contribution in [0.3, 0.4) is 0 Å². The van der Waals surface area contributed by atoms with Gasteiger partial charge in [-0.05, 0) is 55.7 Å². The lowest BCUT2D eigenvalue weighted by Crippen LogP contribution is -2.12. The van der Waals surface area contributed by atoms with E-state index in [9.17, 15) is 9.59 Å². The van der Waals surface area contributed by atoms with Gasteiger partial charge in [0.25, 0.3) is 5.91 Å². The number of hydrogen-bond acceptors (Lipinski definition) is 4. The average Bonchev–Trinajstić information content (AvgIpc) is 2.91. The standard InChI is InChI=1S/C19H17N3O3/c1-11-5-8-16-15(20-11)10-17(25-16)19(24)21-13-6-7-14-12(9-13)3-2-4-18(23)22-14/h5-10H,2-4H2,1H3,(H,21,24)(H,22,23). The third-order valence-electron chi connectivity index (χ3n) is 4.22. The summed E-state index contributed by atoms with van der Waals surface area (Å²) in [5.41, 5.74) is 4.61. The molecule has 0 saturated heterocycles. The number of amides is 2. The van der Waals surface area contributed by atoms with Crippen LogP contribution in [0.25, 0.3) is 11.1 Å². The molecule has 0 radical (unpaired) electrons. The summed E-state index contributed by atoms with van der Waals surface area (Å²) < 4.78 is 5.57. The molecule has 2 amide bonds. The molecule has 3 heterocycles. The minimum absolute atomic E-state index is 0.0283. The third kappa shape index (κ3) is 3.10. The van der Waals surface area contributed by atoms with Gasteiger partial charge < -0.3 is 15.1 Å². The lowest BCUT2D eigenvalue weighted by molar-refractivity contribution is -0.116. The van der Waals surface area contributed by atoms with E-state index in [-0.39, 0.29) is 17.6 Å². The molecule has 25 heavy (non-hydrogen) atoms. The SMILES string of the molecule is Cc1ccc2oc(C(=O)Nc3ccc4c(c3)CCCC(=O)N4)cc2n1. The first-order valence-electron chi connectivity index (χ1n) is 8.20. The topological polar surface area (TPSA) is 84.2 Å². The van der Waals surface area contributed by atoms with Crippen molar-refractivity contribution < 1.29 is 14.0 Å². The highest BCUT2D eigenvalue weighted by Gasteiger charge is 2.16. The molecule has 0 aliphatic carbocycles. The molecule has 2 N–H and O–H groups in total. The smallest absolute Gasteiger partial charge is 0.291 e. The normalized spacial score (nSPS) is 13.9. The number of aromatic nitrogens is 1. The van der Waals surface area contributed by atoms with Crippen LogP contribution in [-0.4, -0.2) is 16.8 Å². The number of carbonyl (C=O) groups is 2. The summed E-state index contributed by atoms with van der Waals surface area (Å²) >= 11 is 0. The molecule has 0 fully saturated rings. The fourth-order valence-electron chi connectivity index (χ4n) is 2.98. The lowest BCUT2D eigenvalue weighted by Gasteiger charge is -2.09. The Kier molecular flexibility index (Phi) is 3.72. The van der Waals surface area contributed by atoms with Crippen molar-refractivity contribution in [2.75, 3.05) is 10.6 Å². The molecule has 6 heteroatoms. The fraction of sp³-hybridized carbons (Fsp3) is 0.211. The fourth-order valence-corrected chi connectivity index (χ4v) is 2.98. The predicted molar refractivity (Wildman–Crippen MR) is 94.7 cm³/mol. The van der Waals surface area contributed by atoms with Crippen molar-refractivity contribution in [3.8, 4) is 0 Å². The monoisotopic (exact) mass is 335 g/mol. The van der Waals surface area contributed by atoms with E-state index < -0.39 is 0 Å². The Morgan fingerprint density at radius 2 is 2.08 bits per heavy atom. The number of pyridine rings is 1. The zero-order valence-corrected chi connectivity index (χ0v) is 13.8. The molecule has 0 bridgehead atoms. The molecule has 0 atom stereocenters. The molecule has 3 aromatic rings. The van der Waals surface area contributed by atoms with Gasteiger partial charge in [0.15, 0.2) is 11.3 Å². The van der Waals surface area contributed by atoms with E-state index in [0.29, 0.717) is 23.2 Å². The second kappa shape index (κ2) is 6.05. The summed E-state index contributed by atoms with van der Waals surface area (Å²) in [7, 11) is 0. The number of carbonyl (C=O) groups excluding carboxylic acids is 2. The van der Waals surface area contributed by atoms with Crippen LogP contribution in [0.5, 0.6) is 0 Å². The molecule has 4 rings (SSSR count). The van der Waals surface area contributed by atoms with Gasteiger partial charge in [-0.15, -0.1) is 0 Å². The second-order valence-electron chi connectivity index (χ2n) is 6.17. The van der Waals surface area contributed by atoms with Crippen molar-refractivity contribution >= 4 is 34.3 Å². The summed E-state index contributed by atoms with van der Waals surface area (Å²) in [4.78, 5) is 28.4. The molecule has 1 aliphatic heterocycles. The maximum atomic E-state index is 12.5. The summed E-state index contributed by atoms with van der Waals surface area (Å²) in [5, 5.41) is 5.72. The van der Waals surface area contributed by atoms with Crippen LogP contribution >= 0.6 is 0 Å².